The van der Waals surface area contributed by atoms with Crippen LogP contribution in [0, 0.1) is 5.92 Å². The van der Waals surface area contributed by atoms with Gasteiger partial charge < -0.3 is 14.2 Å². The first-order valence-electron chi connectivity index (χ1n) is 5.39. The van der Waals surface area contributed by atoms with Gasteiger partial charge in [-0.15, -0.1) is 0 Å². The lowest BCUT2D eigenvalue weighted by molar-refractivity contribution is -0.188. The first kappa shape index (κ1) is 10.2. The van der Waals surface area contributed by atoms with Crippen LogP contribution in [0.5, 0.6) is 0 Å². The molecule has 0 saturated carbocycles. The fourth-order valence-corrected chi connectivity index (χ4v) is 2.88. The van der Waals surface area contributed by atoms with E-state index in [9.17, 15) is 9.18 Å². The van der Waals surface area contributed by atoms with Gasteiger partial charge in [0.25, 0.3) is 0 Å². The number of carbonyl (C=O) groups excluding carboxylic acids is 1. The molecule has 0 aromatic heterocycles. The van der Waals surface area contributed by atoms with E-state index in [1.807, 2.05) is 6.92 Å². The Morgan fingerprint density at radius 3 is 2.94 bits per heavy atom. The smallest absolute Gasteiger partial charge is 0.332 e. The predicted octanol–water partition coefficient (Wildman–Crippen LogP) is 0.956. The van der Waals surface area contributed by atoms with Gasteiger partial charge in [-0.3, -0.25) is 0 Å². The monoisotopic (exact) mass is 228 g/mol. The van der Waals surface area contributed by atoms with Crippen LogP contribution in [0.1, 0.15) is 13.3 Å². The molecular formula is C11H13FO4. The lowest BCUT2D eigenvalue weighted by Gasteiger charge is -2.24. The summed E-state index contributed by atoms with van der Waals surface area (Å²) in [7, 11) is 0. The van der Waals surface area contributed by atoms with E-state index in [4.69, 9.17) is 14.2 Å². The summed E-state index contributed by atoms with van der Waals surface area (Å²) in [6, 6.07) is 0. The molecule has 0 aromatic rings. The second kappa shape index (κ2) is 3.05. The summed E-state index contributed by atoms with van der Waals surface area (Å²) in [5.74, 6) is -0.513. The fraction of sp³-hybridized carbons (Fsp3) is 0.727. The number of alkyl halides is 1. The van der Waals surface area contributed by atoms with Crippen LogP contribution >= 0.6 is 0 Å². The lowest BCUT2D eigenvalue weighted by atomic mass is 9.81. The summed E-state index contributed by atoms with van der Waals surface area (Å²) < 4.78 is 30.4. The summed E-state index contributed by atoms with van der Waals surface area (Å²) in [5.41, 5.74) is -1.68. The van der Waals surface area contributed by atoms with Crippen LogP contribution in [0.2, 0.25) is 0 Å². The van der Waals surface area contributed by atoms with Crippen LogP contribution in [0.15, 0.2) is 12.7 Å². The number of fused-ring (bicyclic) bond motifs is 1. The van der Waals surface area contributed by atoms with Crippen molar-refractivity contribution in [1.29, 1.82) is 0 Å². The average Bonchev–Trinajstić information content (AvgIpc) is 2.79. The van der Waals surface area contributed by atoms with Crippen molar-refractivity contribution in [2.75, 3.05) is 0 Å². The van der Waals surface area contributed by atoms with Crippen LogP contribution in [0.3, 0.4) is 0 Å². The minimum absolute atomic E-state index is 0.118. The highest BCUT2D eigenvalue weighted by Gasteiger charge is 2.72. The Morgan fingerprint density at radius 2 is 2.38 bits per heavy atom. The number of ether oxygens (including phenoxy) is 3. The molecule has 3 aliphatic rings. The molecule has 5 heteroatoms. The van der Waals surface area contributed by atoms with Crippen molar-refractivity contribution < 1.29 is 23.4 Å². The molecule has 0 aliphatic carbocycles. The van der Waals surface area contributed by atoms with E-state index < -0.39 is 24.0 Å². The second-order valence-electron chi connectivity index (χ2n) is 4.66. The number of esters is 1. The van der Waals surface area contributed by atoms with Crippen molar-refractivity contribution in [3.05, 3.63) is 12.7 Å². The molecule has 0 spiro atoms. The van der Waals surface area contributed by atoms with Gasteiger partial charge in [-0.1, -0.05) is 13.5 Å². The average molecular weight is 228 g/mol. The minimum atomic E-state index is -1.68. The molecule has 6 unspecified atom stereocenters. The van der Waals surface area contributed by atoms with Crippen molar-refractivity contribution in [3.8, 4) is 0 Å². The Labute approximate surface area is 92.3 Å². The Hall–Kier alpha value is -0.940. The highest BCUT2D eigenvalue weighted by atomic mass is 19.1. The SMILES string of the molecule is C=CC(=O)OC1OC2C(C)C3CC1(F)C2O3. The topological polar surface area (TPSA) is 44.8 Å². The van der Waals surface area contributed by atoms with Gasteiger partial charge in [-0.2, -0.15) is 0 Å². The van der Waals surface area contributed by atoms with E-state index in [0.717, 1.165) is 6.08 Å². The van der Waals surface area contributed by atoms with Gasteiger partial charge in [-0.05, 0) is 0 Å². The maximum Gasteiger partial charge on any atom is 0.332 e. The van der Waals surface area contributed by atoms with Crippen molar-refractivity contribution in [3.63, 3.8) is 0 Å². The highest BCUT2D eigenvalue weighted by Crippen LogP contribution is 2.56. The van der Waals surface area contributed by atoms with Crippen LogP contribution < -0.4 is 0 Å². The van der Waals surface area contributed by atoms with Gasteiger partial charge in [0, 0.05) is 18.4 Å². The maximum atomic E-state index is 14.6. The van der Waals surface area contributed by atoms with Crippen molar-refractivity contribution >= 4 is 5.97 Å². The van der Waals surface area contributed by atoms with Gasteiger partial charge >= 0.3 is 5.97 Å². The van der Waals surface area contributed by atoms with Crippen molar-refractivity contribution in [1.82, 2.24) is 0 Å². The van der Waals surface area contributed by atoms with Gasteiger partial charge in [0.1, 0.15) is 6.10 Å². The largest absolute Gasteiger partial charge is 0.429 e. The first-order chi connectivity index (χ1) is 7.56. The second-order valence-corrected chi connectivity index (χ2v) is 4.66. The summed E-state index contributed by atoms with van der Waals surface area (Å²) in [4.78, 5) is 11.1. The Morgan fingerprint density at radius 1 is 1.62 bits per heavy atom. The van der Waals surface area contributed by atoms with E-state index in [2.05, 4.69) is 6.58 Å². The summed E-state index contributed by atoms with van der Waals surface area (Å²) in [6.07, 6.45) is -0.912. The molecule has 88 valence electrons. The molecule has 0 aromatic carbocycles. The van der Waals surface area contributed by atoms with E-state index >= 15 is 0 Å². The lowest BCUT2D eigenvalue weighted by Crippen LogP contribution is -2.44. The van der Waals surface area contributed by atoms with Crippen LogP contribution in [0.25, 0.3) is 0 Å². The number of carbonyl (C=O) groups is 1. The minimum Gasteiger partial charge on any atom is -0.429 e. The molecule has 3 aliphatic heterocycles. The zero-order chi connectivity index (χ0) is 11.5. The molecule has 2 bridgehead atoms. The summed E-state index contributed by atoms with van der Waals surface area (Å²) in [6.45, 7) is 5.24. The number of rotatable bonds is 2. The molecule has 4 nitrogen and oxygen atoms in total. The first-order valence-corrected chi connectivity index (χ1v) is 5.39. The van der Waals surface area contributed by atoms with E-state index in [-0.39, 0.29) is 24.5 Å². The molecule has 3 fully saturated rings. The zero-order valence-corrected chi connectivity index (χ0v) is 8.89. The summed E-state index contributed by atoms with van der Waals surface area (Å²) in [5, 5.41) is 0. The van der Waals surface area contributed by atoms with E-state index in [1.165, 1.54) is 0 Å². The van der Waals surface area contributed by atoms with Crippen LogP contribution in [0.4, 0.5) is 4.39 Å². The van der Waals surface area contributed by atoms with Crippen LogP contribution in [-0.2, 0) is 19.0 Å². The van der Waals surface area contributed by atoms with Gasteiger partial charge in [-0.25, -0.2) is 9.18 Å². The van der Waals surface area contributed by atoms with Crippen LogP contribution in [-0.4, -0.2) is 36.2 Å². The quantitative estimate of drug-likeness (QED) is 0.521. The van der Waals surface area contributed by atoms with Crippen molar-refractivity contribution in [2.45, 2.75) is 43.6 Å². The zero-order valence-electron chi connectivity index (χ0n) is 8.89. The number of hydrogen-bond donors (Lipinski definition) is 0. The van der Waals surface area contributed by atoms with Gasteiger partial charge in [0.15, 0.2) is 0 Å². The predicted molar refractivity (Wildman–Crippen MR) is 51.2 cm³/mol. The third-order valence-corrected chi connectivity index (χ3v) is 3.77. The molecule has 6 atom stereocenters. The highest BCUT2D eigenvalue weighted by molar-refractivity contribution is 5.81. The molecule has 3 saturated heterocycles. The maximum absolute atomic E-state index is 14.6. The molecule has 0 N–H and O–H groups in total. The normalized spacial score (nSPS) is 53.0. The molecule has 0 radical (unpaired) electrons. The molecule has 3 rings (SSSR count). The van der Waals surface area contributed by atoms with E-state index in [0.29, 0.717) is 0 Å². The van der Waals surface area contributed by atoms with Gasteiger partial charge in [0.05, 0.1) is 12.2 Å². The molecule has 0 amide bonds. The summed E-state index contributed by atoms with van der Waals surface area (Å²) >= 11 is 0. The number of hydrogen-bond acceptors (Lipinski definition) is 4. The molecule has 16 heavy (non-hydrogen) atoms. The Balaban J connectivity index is 1.84. The standard InChI is InChI=1S/C11H13FO4/c1-3-7(13)15-10-11(12)4-6-5(2)8(16-10)9(11)14-6/h3,5-6,8-10H,1,4H2,2H3. The van der Waals surface area contributed by atoms with Crippen molar-refractivity contribution in [2.24, 2.45) is 5.92 Å². The molecule has 3 heterocycles. The third kappa shape index (κ3) is 1.07. The third-order valence-electron chi connectivity index (χ3n) is 3.77. The molecular weight excluding hydrogens is 215 g/mol. The van der Waals surface area contributed by atoms with Gasteiger partial charge in [0.2, 0.25) is 12.0 Å². The number of halogens is 1. The Kier molecular flexibility index (Phi) is 1.95. The van der Waals surface area contributed by atoms with E-state index in [1.54, 1.807) is 0 Å². The fourth-order valence-electron chi connectivity index (χ4n) is 2.88. The Bertz CT molecular complexity index is 358.